The van der Waals surface area contributed by atoms with Crippen molar-refractivity contribution in [3.8, 4) is 5.75 Å². The Morgan fingerprint density at radius 2 is 1.83 bits per heavy atom. The van der Waals surface area contributed by atoms with Crippen LogP contribution in [0.25, 0.3) is 0 Å². The predicted octanol–water partition coefficient (Wildman–Crippen LogP) is 2.52. The average molecular weight is 398 g/mol. The highest BCUT2D eigenvalue weighted by Crippen LogP contribution is 2.27. The Hall–Kier alpha value is -2.67. The van der Waals surface area contributed by atoms with Gasteiger partial charge in [0.25, 0.3) is 0 Å². The number of aromatic hydroxyl groups is 1. The molecule has 2 aromatic rings. The van der Waals surface area contributed by atoms with Crippen LogP contribution >= 0.6 is 0 Å². The van der Waals surface area contributed by atoms with E-state index in [9.17, 15) is 5.11 Å². The van der Waals surface area contributed by atoms with Crippen LogP contribution < -0.4 is 10.2 Å². The summed E-state index contributed by atoms with van der Waals surface area (Å²) in [5.41, 5.74) is 0.905. The standard InChI is InChI=1S/C22H31N5O2/c1-23-22(24-17-19(21-9-6-16-29-21)25-10-4-5-11-25)27-14-12-26(13-15-27)18-7-2-3-8-20(18)28/h2-3,6-9,16,19,28H,4-5,10-15,17H2,1H3,(H,23,24). The van der Waals surface area contributed by atoms with E-state index in [1.54, 1.807) is 12.3 Å². The topological polar surface area (TPSA) is 67.5 Å². The number of hydrogen-bond acceptors (Lipinski definition) is 5. The molecule has 2 aliphatic heterocycles. The number of hydrogen-bond donors (Lipinski definition) is 2. The molecule has 0 spiro atoms. The summed E-state index contributed by atoms with van der Waals surface area (Å²) < 4.78 is 5.73. The van der Waals surface area contributed by atoms with E-state index < -0.39 is 0 Å². The third-order valence-corrected chi connectivity index (χ3v) is 5.92. The first kappa shape index (κ1) is 19.6. The third-order valence-electron chi connectivity index (χ3n) is 5.92. The largest absolute Gasteiger partial charge is 0.506 e. The number of phenols is 1. The van der Waals surface area contributed by atoms with Crippen molar-refractivity contribution in [1.82, 2.24) is 15.1 Å². The lowest BCUT2D eigenvalue weighted by atomic mass is 10.2. The molecule has 7 heteroatoms. The average Bonchev–Trinajstić information content (AvgIpc) is 3.47. The quantitative estimate of drug-likeness (QED) is 0.597. The van der Waals surface area contributed by atoms with E-state index in [2.05, 4.69) is 31.1 Å². The van der Waals surface area contributed by atoms with Gasteiger partial charge in [-0.3, -0.25) is 9.89 Å². The molecule has 3 heterocycles. The summed E-state index contributed by atoms with van der Waals surface area (Å²) in [7, 11) is 1.84. The molecule has 0 saturated carbocycles. The number of benzene rings is 1. The number of rotatable bonds is 5. The number of anilines is 1. The Morgan fingerprint density at radius 3 is 2.48 bits per heavy atom. The van der Waals surface area contributed by atoms with Gasteiger partial charge in [-0.1, -0.05) is 12.1 Å². The number of para-hydroxylation sites is 2. The van der Waals surface area contributed by atoms with Crippen LogP contribution in [0.3, 0.4) is 0 Å². The van der Waals surface area contributed by atoms with Crippen LogP contribution in [0.15, 0.2) is 52.1 Å². The number of phenolic OH excluding ortho intramolecular Hbond substituents is 1. The van der Waals surface area contributed by atoms with Crippen molar-refractivity contribution in [3.05, 3.63) is 48.4 Å². The molecule has 2 fully saturated rings. The maximum absolute atomic E-state index is 10.1. The van der Waals surface area contributed by atoms with Crippen LogP contribution in [-0.4, -0.2) is 73.7 Å². The molecule has 0 bridgehead atoms. The lowest BCUT2D eigenvalue weighted by Gasteiger charge is -2.38. The Labute approximate surface area is 172 Å². The SMILES string of the molecule is CN=C(NCC(c1ccco1)N1CCCC1)N1CCN(c2ccccc2O)CC1. The van der Waals surface area contributed by atoms with Gasteiger partial charge in [-0.15, -0.1) is 0 Å². The molecule has 2 saturated heterocycles. The molecule has 0 aliphatic carbocycles. The second kappa shape index (κ2) is 9.22. The van der Waals surface area contributed by atoms with Crippen molar-refractivity contribution in [1.29, 1.82) is 0 Å². The zero-order valence-corrected chi connectivity index (χ0v) is 17.1. The molecule has 1 atom stereocenters. The van der Waals surface area contributed by atoms with E-state index in [0.29, 0.717) is 5.75 Å². The van der Waals surface area contributed by atoms with Gasteiger partial charge in [0.2, 0.25) is 0 Å². The first-order chi connectivity index (χ1) is 14.3. The summed E-state index contributed by atoms with van der Waals surface area (Å²) in [6.45, 7) is 6.44. The van der Waals surface area contributed by atoms with E-state index in [1.807, 2.05) is 31.3 Å². The van der Waals surface area contributed by atoms with Crippen molar-refractivity contribution in [3.63, 3.8) is 0 Å². The van der Waals surface area contributed by atoms with E-state index in [1.165, 1.54) is 12.8 Å². The fraction of sp³-hybridized carbons (Fsp3) is 0.500. The van der Waals surface area contributed by atoms with Crippen molar-refractivity contribution >= 4 is 11.6 Å². The lowest BCUT2D eigenvalue weighted by Crippen LogP contribution is -2.53. The number of aliphatic imine (C=N–C) groups is 1. The minimum Gasteiger partial charge on any atom is -0.506 e. The maximum atomic E-state index is 10.1. The number of furan rings is 1. The number of piperazine rings is 1. The first-order valence-corrected chi connectivity index (χ1v) is 10.5. The second-order valence-electron chi connectivity index (χ2n) is 7.67. The fourth-order valence-corrected chi connectivity index (χ4v) is 4.35. The molecule has 1 unspecified atom stereocenters. The van der Waals surface area contributed by atoms with Crippen LogP contribution in [0.5, 0.6) is 5.75 Å². The van der Waals surface area contributed by atoms with Crippen molar-refractivity contribution in [2.45, 2.75) is 18.9 Å². The molecule has 29 heavy (non-hydrogen) atoms. The number of likely N-dealkylation sites (tertiary alicyclic amines) is 1. The zero-order valence-electron chi connectivity index (χ0n) is 17.1. The molecule has 0 radical (unpaired) electrons. The molecule has 1 aromatic carbocycles. The van der Waals surface area contributed by atoms with Crippen LogP contribution in [0.4, 0.5) is 5.69 Å². The van der Waals surface area contributed by atoms with E-state index in [4.69, 9.17) is 4.42 Å². The first-order valence-electron chi connectivity index (χ1n) is 10.5. The summed E-state index contributed by atoms with van der Waals surface area (Å²) in [5.74, 6) is 2.28. The molecule has 1 aromatic heterocycles. The monoisotopic (exact) mass is 397 g/mol. The highest BCUT2D eigenvalue weighted by molar-refractivity contribution is 5.80. The van der Waals surface area contributed by atoms with Crippen LogP contribution in [0.1, 0.15) is 24.6 Å². The summed E-state index contributed by atoms with van der Waals surface area (Å²) in [6, 6.07) is 11.8. The number of guanidine groups is 1. The highest BCUT2D eigenvalue weighted by atomic mass is 16.3. The van der Waals surface area contributed by atoms with Crippen molar-refractivity contribution < 1.29 is 9.52 Å². The van der Waals surface area contributed by atoms with Gasteiger partial charge < -0.3 is 24.6 Å². The van der Waals surface area contributed by atoms with Crippen LogP contribution in [0, 0.1) is 0 Å². The van der Waals surface area contributed by atoms with Crippen LogP contribution in [0.2, 0.25) is 0 Å². The number of nitrogens with zero attached hydrogens (tertiary/aromatic N) is 4. The Morgan fingerprint density at radius 1 is 1.07 bits per heavy atom. The molecule has 156 valence electrons. The maximum Gasteiger partial charge on any atom is 0.193 e. The van der Waals surface area contributed by atoms with E-state index >= 15 is 0 Å². The van der Waals surface area contributed by atoms with E-state index in [-0.39, 0.29) is 6.04 Å². The fourth-order valence-electron chi connectivity index (χ4n) is 4.35. The third kappa shape index (κ3) is 4.50. The normalized spacial score (nSPS) is 19.6. The van der Waals surface area contributed by atoms with Gasteiger partial charge in [-0.25, -0.2) is 0 Å². The molecule has 2 N–H and O–H groups in total. The van der Waals surface area contributed by atoms with Gasteiger partial charge in [-0.05, 0) is 50.2 Å². The Kier molecular flexibility index (Phi) is 6.24. The zero-order chi connectivity index (χ0) is 20.1. The van der Waals surface area contributed by atoms with Gasteiger partial charge in [0, 0.05) is 39.8 Å². The summed E-state index contributed by atoms with van der Waals surface area (Å²) >= 11 is 0. The lowest BCUT2D eigenvalue weighted by molar-refractivity contribution is 0.213. The van der Waals surface area contributed by atoms with E-state index in [0.717, 1.165) is 63.2 Å². The summed E-state index contributed by atoms with van der Waals surface area (Å²) in [5, 5.41) is 13.7. The predicted molar refractivity (Wildman–Crippen MR) is 116 cm³/mol. The van der Waals surface area contributed by atoms with Gasteiger partial charge in [-0.2, -0.15) is 0 Å². The molecule has 7 nitrogen and oxygen atoms in total. The minimum atomic E-state index is 0.229. The van der Waals surface area contributed by atoms with Gasteiger partial charge >= 0.3 is 0 Å². The molecule has 0 amide bonds. The van der Waals surface area contributed by atoms with Gasteiger partial charge in [0.05, 0.1) is 18.0 Å². The molecule has 4 rings (SSSR count). The minimum absolute atomic E-state index is 0.229. The smallest absolute Gasteiger partial charge is 0.193 e. The second-order valence-corrected chi connectivity index (χ2v) is 7.67. The molecule has 2 aliphatic rings. The van der Waals surface area contributed by atoms with Crippen molar-refractivity contribution in [2.24, 2.45) is 4.99 Å². The van der Waals surface area contributed by atoms with Gasteiger partial charge in [0.15, 0.2) is 5.96 Å². The summed E-state index contributed by atoms with van der Waals surface area (Å²) in [4.78, 5) is 11.5. The van der Waals surface area contributed by atoms with Crippen LogP contribution in [-0.2, 0) is 0 Å². The Bertz CT molecular complexity index is 793. The molecular weight excluding hydrogens is 366 g/mol. The molecular formula is C22H31N5O2. The Balaban J connectivity index is 1.35. The van der Waals surface area contributed by atoms with Crippen molar-refractivity contribution in [2.75, 3.05) is 57.8 Å². The number of nitrogens with one attached hydrogen (secondary N) is 1. The van der Waals surface area contributed by atoms with Gasteiger partial charge in [0.1, 0.15) is 11.5 Å². The summed E-state index contributed by atoms with van der Waals surface area (Å²) in [6.07, 6.45) is 4.26. The highest BCUT2D eigenvalue weighted by Gasteiger charge is 2.27.